The summed E-state index contributed by atoms with van der Waals surface area (Å²) in [5.41, 5.74) is 3.82. The minimum Gasteiger partial charge on any atom is -0.744 e. The summed E-state index contributed by atoms with van der Waals surface area (Å²) in [6.45, 7) is 0. The van der Waals surface area contributed by atoms with Crippen LogP contribution in [-0.4, -0.2) is 43.3 Å². The second-order valence-electron chi connectivity index (χ2n) is 9.18. The molecule has 0 radical (unpaired) electrons. The summed E-state index contributed by atoms with van der Waals surface area (Å²) in [4.78, 5) is 24.5. The first-order valence-corrected chi connectivity index (χ1v) is 15.3. The summed E-state index contributed by atoms with van der Waals surface area (Å²) in [5, 5.41) is 14.5. The number of nitrogens with one attached hydrogen (secondary N) is 2. The second-order valence-corrected chi connectivity index (χ2v) is 11.9. The van der Waals surface area contributed by atoms with Crippen molar-refractivity contribution in [2.45, 2.75) is 4.90 Å². The van der Waals surface area contributed by atoms with E-state index in [2.05, 4.69) is 26.1 Å². The van der Waals surface area contributed by atoms with Gasteiger partial charge in [0.2, 0.25) is 5.78 Å². The van der Waals surface area contributed by atoms with Crippen LogP contribution in [0.3, 0.4) is 0 Å². The van der Waals surface area contributed by atoms with E-state index in [9.17, 15) is 35.5 Å². The third-order valence-corrected chi connectivity index (χ3v) is 7.86. The Balaban J connectivity index is 0.00000288. The van der Waals surface area contributed by atoms with Crippen LogP contribution >= 0.6 is 0 Å². The fraction of sp³-hybridized carbons (Fsp3) is 0. The largest absolute Gasteiger partial charge is 1.00 e. The normalized spacial score (nSPS) is 13.7. The molecular formula is C29H19N5Na2O8S2. The summed E-state index contributed by atoms with van der Waals surface area (Å²) in [5.74, 6) is -1.23. The Hall–Kier alpha value is -3.35. The number of ketones is 1. The Labute approximate surface area is 308 Å². The molecule has 17 heteroatoms. The zero-order valence-electron chi connectivity index (χ0n) is 24.2. The van der Waals surface area contributed by atoms with E-state index in [4.69, 9.17) is 0 Å². The number of allylic oxidation sites excluding steroid dienone is 1. The minimum absolute atomic E-state index is 0. The summed E-state index contributed by atoms with van der Waals surface area (Å²) < 4.78 is 69.4. The molecule has 2 N–H and O–H groups in total. The van der Waals surface area contributed by atoms with Crippen LogP contribution in [0.2, 0.25) is 0 Å². The zero-order chi connectivity index (χ0) is 31.5. The number of benzene rings is 4. The van der Waals surface area contributed by atoms with Crippen LogP contribution in [0.25, 0.3) is 6.08 Å². The fourth-order valence-corrected chi connectivity index (χ4v) is 5.14. The van der Waals surface area contributed by atoms with Crippen molar-refractivity contribution in [1.29, 1.82) is 0 Å². The molecule has 0 spiro atoms. The topological polar surface area (TPSA) is 210 Å². The first kappa shape index (κ1) is 37.1. The SMILES string of the molecule is O=C(Nc1ccc2c(c1)C=C(S(=O)(=O)[O-])/C(=N/Nc1ccc(N=Nc3ccc(S(=O)(=O)[O-])cc3)cc1)C2=O)c1ccccc1.[Na+].[Na+]. The number of carbonyl (C=O) groups excluding carboxylic acids is 2. The fourth-order valence-electron chi connectivity index (χ4n) is 4.02. The van der Waals surface area contributed by atoms with Gasteiger partial charge in [-0.3, -0.25) is 15.0 Å². The number of Topliss-reactive ketones (excluding diaryl/α,β-unsaturated/α-hetero) is 1. The van der Waals surface area contributed by atoms with Crippen molar-refractivity contribution in [1.82, 2.24) is 0 Å². The van der Waals surface area contributed by atoms with Gasteiger partial charge >= 0.3 is 59.1 Å². The molecule has 222 valence electrons. The molecule has 1 aliphatic carbocycles. The van der Waals surface area contributed by atoms with E-state index in [1.54, 1.807) is 30.3 Å². The molecule has 5 rings (SSSR count). The van der Waals surface area contributed by atoms with Crippen LogP contribution in [0.15, 0.2) is 122 Å². The molecule has 0 unspecified atom stereocenters. The Morgan fingerprint density at radius 2 is 1.26 bits per heavy atom. The van der Waals surface area contributed by atoms with Gasteiger partial charge < -0.3 is 14.4 Å². The summed E-state index contributed by atoms with van der Waals surface area (Å²) in [6.07, 6.45) is 1.03. The second kappa shape index (κ2) is 15.5. The Kier molecular flexibility index (Phi) is 12.5. The van der Waals surface area contributed by atoms with Gasteiger partial charge in [0.25, 0.3) is 5.91 Å². The number of amides is 1. The molecule has 0 aliphatic heterocycles. The van der Waals surface area contributed by atoms with Crippen molar-refractivity contribution in [3.8, 4) is 0 Å². The molecule has 0 atom stereocenters. The van der Waals surface area contributed by atoms with Crippen LogP contribution in [0.1, 0.15) is 26.3 Å². The van der Waals surface area contributed by atoms with Crippen molar-refractivity contribution in [3.05, 3.63) is 119 Å². The number of azo groups is 1. The van der Waals surface area contributed by atoms with Crippen LogP contribution in [0.5, 0.6) is 0 Å². The monoisotopic (exact) mass is 675 g/mol. The molecule has 0 saturated heterocycles. The molecule has 46 heavy (non-hydrogen) atoms. The average molecular weight is 676 g/mol. The van der Waals surface area contributed by atoms with Gasteiger partial charge in [-0.05, 0) is 90.5 Å². The van der Waals surface area contributed by atoms with Crippen molar-refractivity contribution in [2.75, 3.05) is 10.7 Å². The number of anilines is 2. The molecule has 0 bridgehead atoms. The van der Waals surface area contributed by atoms with Gasteiger partial charge in [-0.25, -0.2) is 16.8 Å². The van der Waals surface area contributed by atoms with E-state index in [-0.39, 0.29) is 75.9 Å². The third-order valence-electron chi connectivity index (χ3n) is 6.16. The number of rotatable bonds is 8. The van der Waals surface area contributed by atoms with Gasteiger partial charge in [-0.1, -0.05) is 18.2 Å². The Bertz CT molecular complexity index is 2090. The van der Waals surface area contributed by atoms with E-state index < -0.39 is 47.4 Å². The van der Waals surface area contributed by atoms with Crippen LogP contribution in [0.4, 0.5) is 22.7 Å². The van der Waals surface area contributed by atoms with Crippen LogP contribution in [-0.2, 0) is 20.2 Å². The molecule has 4 aromatic carbocycles. The number of carbonyl (C=O) groups is 2. The van der Waals surface area contributed by atoms with E-state index in [1.807, 2.05) is 0 Å². The van der Waals surface area contributed by atoms with E-state index in [0.717, 1.165) is 18.2 Å². The molecule has 4 aromatic rings. The minimum atomic E-state index is -5.13. The first-order valence-electron chi connectivity index (χ1n) is 12.5. The number of fused-ring (bicyclic) bond motifs is 1. The predicted molar refractivity (Wildman–Crippen MR) is 159 cm³/mol. The van der Waals surface area contributed by atoms with Gasteiger partial charge in [0.15, 0.2) is 0 Å². The molecule has 0 saturated carbocycles. The van der Waals surface area contributed by atoms with Crippen molar-refractivity contribution < 1.29 is 94.6 Å². The smallest absolute Gasteiger partial charge is 0.744 e. The molecule has 0 aromatic heterocycles. The number of nitrogens with zero attached hydrogens (tertiary/aromatic N) is 3. The number of hydrazone groups is 1. The third kappa shape index (κ3) is 9.13. The standard InChI is InChI=1S/C29H21N5O8S2.2Na/c35-28-25-15-12-23(30-29(36)18-4-2-1-3-5-18)16-19(25)17-26(44(40,41)42)27(28)34-33-21-8-6-20(7-9-21)31-32-22-10-13-24(14-11-22)43(37,38)39;;/h1-17,33H,(H,30,36)(H,37,38,39)(H,40,41,42);;/q;2*+1/p-2/b32-31?,34-27-;;. The number of hydrogen-bond donors (Lipinski definition) is 2. The molecule has 1 amide bonds. The van der Waals surface area contributed by atoms with Gasteiger partial charge in [0.1, 0.15) is 25.9 Å². The predicted octanol–water partition coefficient (Wildman–Crippen LogP) is -1.18. The molecule has 1 aliphatic rings. The molecule has 13 nitrogen and oxygen atoms in total. The van der Waals surface area contributed by atoms with E-state index >= 15 is 0 Å². The van der Waals surface area contributed by atoms with E-state index in [1.165, 1.54) is 54.6 Å². The van der Waals surface area contributed by atoms with Crippen LogP contribution < -0.4 is 69.9 Å². The van der Waals surface area contributed by atoms with Gasteiger partial charge in [0.05, 0.1) is 26.9 Å². The van der Waals surface area contributed by atoms with Crippen molar-refractivity contribution in [2.24, 2.45) is 15.3 Å². The maximum atomic E-state index is 13.2. The summed E-state index contributed by atoms with van der Waals surface area (Å²) in [7, 11) is -9.71. The Morgan fingerprint density at radius 3 is 1.83 bits per heavy atom. The molecule has 0 fully saturated rings. The van der Waals surface area contributed by atoms with Crippen LogP contribution in [0, 0.1) is 0 Å². The van der Waals surface area contributed by atoms with Gasteiger partial charge in [-0.15, -0.1) is 0 Å². The average Bonchev–Trinajstić information content (AvgIpc) is 2.99. The molecule has 0 heterocycles. The zero-order valence-corrected chi connectivity index (χ0v) is 29.9. The summed E-state index contributed by atoms with van der Waals surface area (Å²) >= 11 is 0. The Morgan fingerprint density at radius 1 is 0.696 bits per heavy atom. The maximum absolute atomic E-state index is 13.2. The summed E-state index contributed by atoms with van der Waals surface area (Å²) in [6, 6.07) is 23.5. The van der Waals surface area contributed by atoms with Gasteiger partial charge in [-0.2, -0.15) is 15.3 Å². The van der Waals surface area contributed by atoms with Gasteiger partial charge in [0, 0.05) is 16.8 Å². The first-order chi connectivity index (χ1) is 20.9. The number of hydrogen-bond acceptors (Lipinski definition) is 12. The van der Waals surface area contributed by atoms with Crippen molar-refractivity contribution in [3.63, 3.8) is 0 Å². The van der Waals surface area contributed by atoms with Crippen molar-refractivity contribution >= 4 is 66.5 Å². The maximum Gasteiger partial charge on any atom is 1.00 e. The quantitative estimate of drug-likeness (QED) is 0.0995. The van der Waals surface area contributed by atoms with E-state index in [0.29, 0.717) is 22.6 Å². The molecular weight excluding hydrogens is 656 g/mol.